The van der Waals surface area contributed by atoms with Gasteiger partial charge in [0.25, 0.3) is 0 Å². The van der Waals surface area contributed by atoms with Crippen LogP contribution in [0.3, 0.4) is 0 Å². The molecule has 0 unspecified atom stereocenters. The first kappa shape index (κ1) is 19.7. The number of ether oxygens (including phenoxy) is 1. The molecule has 0 aromatic heterocycles. The predicted octanol–water partition coefficient (Wildman–Crippen LogP) is 0.297. The fraction of sp³-hybridized carbons (Fsp3) is 0.500. The van der Waals surface area contributed by atoms with Crippen LogP contribution in [0.5, 0.6) is 5.75 Å². The molecule has 1 aliphatic rings. The van der Waals surface area contributed by atoms with Gasteiger partial charge in [-0.1, -0.05) is 0 Å². The van der Waals surface area contributed by atoms with Gasteiger partial charge in [0.05, 0.1) is 18.0 Å². The molecule has 0 spiro atoms. The van der Waals surface area contributed by atoms with Crippen LogP contribution in [-0.2, 0) is 14.8 Å². The van der Waals surface area contributed by atoms with E-state index in [0.29, 0.717) is 18.8 Å². The van der Waals surface area contributed by atoms with Gasteiger partial charge < -0.3 is 15.4 Å². The van der Waals surface area contributed by atoms with E-state index in [1.54, 1.807) is 24.0 Å². The number of carbonyl (C=O) groups is 1. The van der Waals surface area contributed by atoms with Crippen molar-refractivity contribution in [3.8, 4) is 5.75 Å². The van der Waals surface area contributed by atoms with E-state index in [4.69, 9.17) is 10.5 Å². The molecule has 1 aromatic rings. The molecular formula is C14H22ClN3O4S. The summed E-state index contributed by atoms with van der Waals surface area (Å²) in [7, 11) is -2.02. The number of sulfonamides is 1. The molecule has 1 aliphatic heterocycles. The quantitative estimate of drug-likeness (QED) is 0.830. The lowest BCUT2D eigenvalue weighted by atomic mass is 10.2. The van der Waals surface area contributed by atoms with Crippen LogP contribution in [0.4, 0.5) is 0 Å². The summed E-state index contributed by atoms with van der Waals surface area (Å²) in [5.74, 6) is 0.452. The number of nitrogens with two attached hydrogens (primary N) is 1. The van der Waals surface area contributed by atoms with Gasteiger partial charge in [-0.05, 0) is 31.2 Å². The molecule has 2 rings (SSSR count). The van der Waals surface area contributed by atoms with Crippen molar-refractivity contribution >= 4 is 28.3 Å². The fourth-order valence-corrected chi connectivity index (χ4v) is 3.76. The van der Waals surface area contributed by atoms with Crippen molar-refractivity contribution in [2.24, 2.45) is 5.73 Å². The average molecular weight is 364 g/mol. The molecule has 130 valence electrons. The molecule has 1 aromatic carbocycles. The Morgan fingerprint density at radius 3 is 2.13 bits per heavy atom. The first-order chi connectivity index (χ1) is 10.4. The van der Waals surface area contributed by atoms with Gasteiger partial charge in [0.15, 0.2) is 0 Å². The summed E-state index contributed by atoms with van der Waals surface area (Å²) < 4.78 is 31.5. The lowest BCUT2D eigenvalue weighted by molar-refractivity contribution is -0.133. The van der Waals surface area contributed by atoms with E-state index < -0.39 is 16.1 Å². The number of benzene rings is 1. The summed E-state index contributed by atoms with van der Waals surface area (Å²) in [6.45, 7) is 2.88. The highest BCUT2D eigenvalue weighted by molar-refractivity contribution is 7.89. The van der Waals surface area contributed by atoms with Crippen molar-refractivity contribution in [1.29, 1.82) is 0 Å². The number of rotatable bonds is 4. The number of methoxy groups -OCH3 is 1. The molecule has 0 bridgehead atoms. The van der Waals surface area contributed by atoms with Crippen LogP contribution in [0.15, 0.2) is 29.2 Å². The van der Waals surface area contributed by atoms with Crippen LogP contribution in [0.25, 0.3) is 0 Å². The zero-order valence-corrected chi connectivity index (χ0v) is 14.8. The van der Waals surface area contributed by atoms with E-state index in [-0.39, 0.29) is 36.3 Å². The van der Waals surface area contributed by atoms with Crippen LogP contribution in [0.2, 0.25) is 0 Å². The maximum atomic E-state index is 12.6. The van der Waals surface area contributed by atoms with Crippen molar-refractivity contribution in [3.05, 3.63) is 24.3 Å². The molecule has 1 heterocycles. The van der Waals surface area contributed by atoms with Crippen molar-refractivity contribution in [2.45, 2.75) is 17.9 Å². The number of nitrogens with zero attached hydrogens (tertiary/aromatic N) is 2. The van der Waals surface area contributed by atoms with E-state index in [2.05, 4.69) is 0 Å². The van der Waals surface area contributed by atoms with Gasteiger partial charge in [-0.15, -0.1) is 12.4 Å². The van der Waals surface area contributed by atoms with E-state index in [9.17, 15) is 13.2 Å². The Morgan fingerprint density at radius 1 is 1.17 bits per heavy atom. The molecule has 1 saturated heterocycles. The third-order valence-electron chi connectivity index (χ3n) is 3.64. The second-order valence-electron chi connectivity index (χ2n) is 5.19. The van der Waals surface area contributed by atoms with Gasteiger partial charge in [-0.25, -0.2) is 8.42 Å². The molecule has 1 amide bonds. The first-order valence-corrected chi connectivity index (χ1v) is 8.49. The second kappa shape index (κ2) is 7.96. The van der Waals surface area contributed by atoms with Crippen LogP contribution in [0.1, 0.15) is 6.92 Å². The number of hydrogen-bond acceptors (Lipinski definition) is 5. The summed E-state index contributed by atoms with van der Waals surface area (Å²) in [6.07, 6.45) is 0. The van der Waals surface area contributed by atoms with Gasteiger partial charge in [0.1, 0.15) is 5.75 Å². The Balaban J connectivity index is 0.00000264. The smallest absolute Gasteiger partial charge is 0.243 e. The highest BCUT2D eigenvalue weighted by Gasteiger charge is 2.30. The van der Waals surface area contributed by atoms with E-state index in [1.165, 1.54) is 23.5 Å². The molecule has 23 heavy (non-hydrogen) atoms. The van der Waals surface area contributed by atoms with Crippen LogP contribution in [-0.4, -0.2) is 62.9 Å². The van der Waals surface area contributed by atoms with E-state index in [0.717, 1.165) is 0 Å². The number of halogens is 1. The first-order valence-electron chi connectivity index (χ1n) is 7.05. The molecule has 1 fully saturated rings. The summed E-state index contributed by atoms with van der Waals surface area (Å²) >= 11 is 0. The van der Waals surface area contributed by atoms with Crippen LogP contribution < -0.4 is 10.5 Å². The summed E-state index contributed by atoms with van der Waals surface area (Å²) in [6, 6.07) is 5.71. The minimum absolute atomic E-state index is 0. The minimum atomic E-state index is -3.55. The third kappa shape index (κ3) is 4.35. The Morgan fingerprint density at radius 2 is 1.70 bits per heavy atom. The Bertz CT molecular complexity index is 626. The summed E-state index contributed by atoms with van der Waals surface area (Å²) in [5.41, 5.74) is 5.57. The van der Waals surface area contributed by atoms with Crippen molar-refractivity contribution in [1.82, 2.24) is 9.21 Å². The average Bonchev–Trinajstić information content (AvgIpc) is 2.54. The second-order valence-corrected chi connectivity index (χ2v) is 7.13. The lowest BCUT2D eigenvalue weighted by Crippen LogP contribution is -2.53. The minimum Gasteiger partial charge on any atom is -0.497 e. The third-order valence-corrected chi connectivity index (χ3v) is 5.55. The van der Waals surface area contributed by atoms with Crippen LogP contribution in [0, 0.1) is 0 Å². The number of carbonyl (C=O) groups excluding carboxylic acids is 1. The van der Waals surface area contributed by atoms with E-state index >= 15 is 0 Å². The van der Waals surface area contributed by atoms with Crippen molar-refractivity contribution in [3.63, 3.8) is 0 Å². The zero-order valence-electron chi connectivity index (χ0n) is 13.1. The largest absolute Gasteiger partial charge is 0.497 e. The molecule has 0 radical (unpaired) electrons. The lowest BCUT2D eigenvalue weighted by Gasteiger charge is -2.34. The standard InChI is InChI=1S/C14H21N3O4S.ClH/c1-11(15)14(18)16-7-9-17(10-8-16)22(19,20)13-5-3-12(21-2)4-6-13;/h3-6,11H,7-10,15H2,1-2H3;1H/t11-;/m1./s1. The maximum absolute atomic E-state index is 12.6. The molecule has 0 aliphatic carbocycles. The topological polar surface area (TPSA) is 92.9 Å². The Kier molecular flexibility index (Phi) is 6.82. The zero-order chi connectivity index (χ0) is 16.3. The number of amides is 1. The summed E-state index contributed by atoms with van der Waals surface area (Å²) in [4.78, 5) is 13.6. The Labute approximate surface area is 142 Å². The van der Waals surface area contributed by atoms with Gasteiger partial charge >= 0.3 is 0 Å². The molecular weight excluding hydrogens is 342 g/mol. The molecule has 9 heteroatoms. The highest BCUT2D eigenvalue weighted by atomic mass is 35.5. The van der Waals surface area contributed by atoms with Gasteiger partial charge in [0, 0.05) is 26.2 Å². The monoisotopic (exact) mass is 363 g/mol. The van der Waals surface area contributed by atoms with Gasteiger partial charge in [0.2, 0.25) is 15.9 Å². The summed E-state index contributed by atoms with van der Waals surface area (Å²) in [5, 5.41) is 0. The number of hydrogen-bond donors (Lipinski definition) is 1. The normalized spacial score (nSPS) is 17.3. The van der Waals surface area contributed by atoms with Crippen LogP contribution >= 0.6 is 12.4 Å². The molecule has 2 N–H and O–H groups in total. The SMILES string of the molecule is COc1ccc(S(=O)(=O)N2CCN(C(=O)[C@@H](C)N)CC2)cc1.Cl. The van der Waals surface area contributed by atoms with Crippen molar-refractivity contribution in [2.75, 3.05) is 33.3 Å². The van der Waals surface area contributed by atoms with Gasteiger partial charge in [-0.2, -0.15) is 4.31 Å². The van der Waals surface area contributed by atoms with Gasteiger partial charge in [-0.3, -0.25) is 4.79 Å². The fourth-order valence-electron chi connectivity index (χ4n) is 2.33. The van der Waals surface area contributed by atoms with E-state index in [1.807, 2.05) is 0 Å². The number of piperazine rings is 1. The Hall–Kier alpha value is -1.35. The molecule has 7 nitrogen and oxygen atoms in total. The highest BCUT2D eigenvalue weighted by Crippen LogP contribution is 2.20. The maximum Gasteiger partial charge on any atom is 0.243 e. The molecule has 0 saturated carbocycles. The van der Waals surface area contributed by atoms with Crippen molar-refractivity contribution < 1.29 is 17.9 Å². The predicted molar refractivity (Wildman–Crippen MR) is 89.2 cm³/mol. The molecule has 1 atom stereocenters.